The van der Waals surface area contributed by atoms with E-state index < -0.39 is 0 Å². The molecule has 0 heterocycles. The zero-order valence-electron chi connectivity index (χ0n) is 12.7. The average Bonchev–Trinajstić information content (AvgIpc) is 2.47. The van der Waals surface area contributed by atoms with Crippen molar-refractivity contribution in [2.75, 3.05) is 11.9 Å². The van der Waals surface area contributed by atoms with Gasteiger partial charge in [0, 0.05) is 11.6 Å². The number of thiocarbonyl (C=S) groups is 1. The Morgan fingerprint density at radius 2 is 2.00 bits per heavy atom. The maximum absolute atomic E-state index is 12.2. The Morgan fingerprint density at radius 3 is 2.52 bits per heavy atom. The number of carbonyl (C=O) groups is 1. The van der Waals surface area contributed by atoms with Crippen molar-refractivity contribution in [2.45, 2.75) is 39.5 Å². The van der Waals surface area contributed by atoms with E-state index >= 15 is 0 Å². The van der Waals surface area contributed by atoms with E-state index in [0.717, 1.165) is 31.4 Å². The first kappa shape index (κ1) is 17.4. The van der Waals surface area contributed by atoms with Gasteiger partial charge in [-0.1, -0.05) is 38.9 Å². The molecule has 1 amide bonds. The topological polar surface area (TPSA) is 64.3 Å². The molecule has 21 heavy (non-hydrogen) atoms. The molecule has 0 aromatic heterocycles. The predicted molar refractivity (Wildman–Crippen MR) is 90.7 cm³/mol. The first-order chi connectivity index (χ1) is 10.1. The first-order valence-corrected chi connectivity index (χ1v) is 7.79. The Balaban J connectivity index is 2.53. The summed E-state index contributed by atoms with van der Waals surface area (Å²) in [6, 6.07) is 7.22. The van der Waals surface area contributed by atoms with E-state index in [-0.39, 0.29) is 18.4 Å². The molecule has 0 radical (unpaired) electrons. The van der Waals surface area contributed by atoms with Crippen LogP contribution in [0.25, 0.3) is 0 Å². The van der Waals surface area contributed by atoms with Gasteiger partial charge in [-0.2, -0.15) is 0 Å². The van der Waals surface area contributed by atoms with Crippen molar-refractivity contribution >= 4 is 28.8 Å². The van der Waals surface area contributed by atoms with Crippen molar-refractivity contribution in [3.05, 3.63) is 24.3 Å². The summed E-state index contributed by atoms with van der Waals surface area (Å²) in [5, 5.41) is 2.95. The Hall–Kier alpha value is -1.62. The minimum atomic E-state index is 0.0792. The third-order valence-electron chi connectivity index (χ3n) is 3.27. The molecule has 0 aliphatic heterocycles. The fourth-order valence-electron chi connectivity index (χ4n) is 2.00. The summed E-state index contributed by atoms with van der Waals surface area (Å²) in [5.41, 5.74) is 6.15. The summed E-state index contributed by atoms with van der Waals surface area (Å²) in [6.45, 7) is 4.40. The van der Waals surface area contributed by atoms with E-state index in [1.807, 2.05) is 19.1 Å². The van der Waals surface area contributed by atoms with Crippen LogP contribution in [0.2, 0.25) is 0 Å². The van der Waals surface area contributed by atoms with E-state index in [1.54, 1.807) is 12.1 Å². The highest BCUT2D eigenvalue weighted by atomic mass is 32.1. The normalized spacial score (nSPS) is 11.7. The van der Waals surface area contributed by atoms with Gasteiger partial charge in [0.05, 0.1) is 0 Å². The standard InChI is InChI=1S/C16H24N2O2S/c1-3-5-6-12(4-2)16(19)18-13-7-9-14(10-8-13)20-11-15(17)21/h7-10,12H,3-6,11H2,1-2H3,(H2,17,21)(H,18,19). The number of ether oxygens (including phenoxy) is 1. The molecule has 0 saturated heterocycles. The molecule has 0 aliphatic carbocycles. The molecule has 4 nitrogen and oxygen atoms in total. The summed E-state index contributed by atoms with van der Waals surface area (Å²) < 4.78 is 5.37. The first-order valence-electron chi connectivity index (χ1n) is 7.38. The van der Waals surface area contributed by atoms with Crippen LogP contribution in [0.3, 0.4) is 0 Å². The Morgan fingerprint density at radius 1 is 1.33 bits per heavy atom. The molecule has 116 valence electrons. The quantitative estimate of drug-likeness (QED) is 0.685. The van der Waals surface area contributed by atoms with Crippen molar-refractivity contribution in [1.29, 1.82) is 0 Å². The number of rotatable bonds is 9. The summed E-state index contributed by atoms with van der Waals surface area (Å²) >= 11 is 4.75. The lowest BCUT2D eigenvalue weighted by Gasteiger charge is -2.14. The Bertz CT molecular complexity index is 460. The number of nitrogens with one attached hydrogen (secondary N) is 1. The van der Waals surface area contributed by atoms with E-state index in [1.165, 1.54) is 0 Å². The molecule has 5 heteroatoms. The minimum Gasteiger partial charge on any atom is -0.487 e. The van der Waals surface area contributed by atoms with Crippen molar-refractivity contribution in [1.82, 2.24) is 0 Å². The largest absolute Gasteiger partial charge is 0.487 e. The van der Waals surface area contributed by atoms with Crippen molar-refractivity contribution in [3.63, 3.8) is 0 Å². The molecule has 3 N–H and O–H groups in total. The highest BCUT2D eigenvalue weighted by Gasteiger charge is 2.15. The van der Waals surface area contributed by atoms with Gasteiger partial charge in [0.25, 0.3) is 0 Å². The zero-order valence-corrected chi connectivity index (χ0v) is 13.5. The second-order valence-corrected chi connectivity index (χ2v) is 5.54. The number of amides is 1. The molecule has 0 fully saturated rings. The summed E-state index contributed by atoms with van der Waals surface area (Å²) in [6.07, 6.45) is 3.99. The zero-order chi connectivity index (χ0) is 15.7. The van der Waals surface area contributed by atoms with Crippen molar-refractivity contribution in [2.24, 2.45) is 11.7 Å². The van der Waals surface area contributed by atoms with E-state index in [0.29, 0.717) is 10.7 Å². The van der Waals surface area contributed by atoms with E-state index in [9.17, 15) is 4.79 Å². The average molecular weight is 308 g/mol. The van der Waals surface area contributed by atoms with Crippen LogP contribution in [0, 0.1) is 5.92 Å². The number of hydrogen-bond donors (Lipinski definition) is 2. The van der Waals surface area contributed by atoms with E-state index in [4.69, 9.17) is 22.7 Å². The number of carbonyl (C=O) groups excluding carboxylic acids is 1. The third kappa shape index (κ3) is 6.58. The van der Waals surface area contributed by atoms with Gasteiger partial charge < -0.3 is 15.8 Å². The van der Waals surface area contributed by atoms with Gasteiger partial charge in [-0.05, 0) is 37.1 Å². The van der Waals surface area contributed by atoms with Crippen molar-refractivity contribution < 1.29 is 9.53 Å². The molecule has 0 aliphatic rings. The smallest absolute Gasteiger partial charge is 0.227 e. The summed E-state index contributed by atoms with van der Waals surface area (Å²) in [5.74, 6) is 0.845. The number of unbranched alkanes of at least 4 members (excludes halogenated alkanes) is 1. The lowest BCUT2D eigenvalue weighted by molar-refractivity contribution is -0.120. The molecule has 1 unspecified atom stereocenters. The van der Waals surface area contributed by atoms with Gasteiger partial charge in [-0.3, -0.25) is 4.79 Å². The maximum Gasteiger partial charge on any atom is 0.227 e. The fraction of sp³-hybridized carbons (Fsp3) is 0.500. The molecular weight excluding hydrogens is 284 g/mol. The second-order valence-electron chi connectivity index (χ2n) is 5.02. The maximum atomic E-state index is 12.2. The molecule has 1 aromatic carbocycles. The van der Waals surface area contributed by atoms with E-state index in [2.05, 4.69) is 12.2 Å². The number of benzene rings is 1. The van der Waals surface area contributed by atoms with Gasteiger partial charge in [0.15, 0.2) is 0 Å². The number of hydrogen-bond acceptors (Lipinski definition) is 3. The second kappa shape index (κ2) is 9.34. The van der Waals surface area contributed by atoms with Crippen LogP contribution in [-0.4, -0.2) is 17.5 Å². The lowest BCUT2D eigenvalue weighted by Crippen LogP contribution is -2.22. The molecular formula is C16H24N2O2S. The monoisotopic (exact) mass is 308 g/mol. The minimum absolute atomic E-state index is 0.0792. The third-order valence-corrected chi connectivity index (χ3v) is 3.39. The Kier molecular flexibility index (Phi) is 7.75. The van der Waals surface area contributed by atoms with Gasteiger partial charge in [-0.25, -0.2) is 0 Å². The molecule has 0 saturated carbocycles. The molecule has 0 spiro atoms. The van der Waals surface area contributed by atoms with Crippen LogP contribution in [0.5, 0.6) is 5.75 Å². The summed E-state index contributed by atoms with van der Waals surface area (Å²) in [7, 11) is 0. The fourth-order valence-corrected chi connectivity index (χ4v) is 2.06. The van der Waals surface area contributed by atoms with Crippen LogP contribution in [-0.2, 0) is 4.79 Å². The van der Waals surface area contributed by atoms with Gasteiger partial charge >= 0.3 is 0 Å². The molecule has 1 atom stereocenters. The number of anilines is 1. The SMILES string of the molecule is CCCCC(CC)C(=O)Nc1ccc(OCC(N)=S)cc1. The van der Waals surface area contributed by atoms with Crippen LogP contribution in [0.15, 0.2) is 24.3 Å². The highest BCUT2D eigenvalue weighted by molar-refractivity contribution is 7.80. The summed E-state index contributed by atoms with van der Waals surface area (Å²) in [4.78, 5) is 12.5. The van der Waals surface area contributed by atoms with Gasteiger partial charge in [0.2, 0.25) is 5.91 Å². The van der Waals surface area contributed by atoms with Gasteiger partial charge in [-0.15, -0.1) is 0 Å². The Labute approximate surface area is 132 Å². The van der Waals surface area contributed by atoms with Crippen LogP contribution in [0.1, 0.15) is 39.5 Å². The lowest BCUT2D eigenvalue weighted by atomic mass is 9.98. The molecule has 1 aromatic rings. The van der Waals surface area contributed by atoms with Crippen LogP contribution >= 0.6 is 12.2 Å². The van der Waals surface area contributed by atoms with Crippen molar-refractivity contribution in [3.8, 4) is 5.75 Å². The van der Waals surface area contributed by atoms with Gasteiger partial charge in [0.1, 0.15) is 17.3 Å². The predicted octanol–water partition coefficient (Wildman–Crippen LogP) is 3.51. The van der Waals surface area contributed by atoms with Crippen LogP contribution < -0.4 is 15.8 Å². The molecule has 0 bridgehead atoms. The van der Waals surface area contributed by atoms with Crippen LogP contribution in [0.4, 0.5) is 5.69 Å². The highest BCUT2D eigenvalue weighted by Crippen LogP contribution is 2.19. The number of nitrogens with two attached hydrogens (primary N) is 1. The molecule has 1 rings (SSSR count).